The van der Waals surface area contributed by atoms with Crippen molar-refractivity contribution in [3.63, 3.8) is 0 Å². The van der Waals surface area contributed by atoms with Gasteiger partial charge in [-0.3, -0.25) is 9.05 Å². The summed E-state index contributed by atoms with van der Waals surface area (Å²) in [6.45, 7) is 7.17. The number of methoxy groups -OCH3 is 1. The number of nitrogens with zero attached hydrogens (tertiary/aromatic N) is 7. The summed E-state index contributed by atoms with van der Waals surface area (Å²) < 4.78 is 52.9. The third kappa shape index (κ3) is 15.4. The molecule has 0 aliphatic carbocycles. The number of unbranched alkanes of at least 4 members (excludes halogenated alkanes) is 16. The summed E-state index contributed by atoms with van der Waals surface area (Å²) in [7, 11) is -3.15. The van der Waals surface area contributed by atoms with E-state index in [2.05, 4.69) is 33.2 Å². The van der Waals surface area contributed by atoms with Crippen LogP contribution in [-0.2, 0) is 39.2 Å². The lowest BCUT2D eigenvalue weighted by Crippen LogP contribution is -2.48. The first-order valence-corrected chi connectivity index (χ1v) is 24.5. The number of nitrogens with two attached hydrogens (primary N) is 1. The van der Waals surface area contributed by atoms with Crippen molar-refractivity contribution in [3.05, 3.63) is 66.1 Å². The van der Waals surface area contributed by atoms with E-state index in [0.29, 0.717) is 34.7 Å². The van der Waals surface area contributed by atoms with E-state index in [-0.39, 0.29) is 19.8 Å². The summed E-state index contributed by atoms with van der Waals surface area (Å²) in [4.78, 5) is 19.1. The monoisotopic (exact) mass is 895 g/mol. The van der Waals surface area contributed by atoms with Crippen molar-refractivity contribution >= 4 is 19.2 Å². The zero-order chi connectivity index (χ0) is 45.1. The molecule has 3 aromatic heterocycles. The molecular formula is C46H71N8O8P. The number of ether oxygens (including phenoxy) is 4. The number of nitriles is 1. The summed E-state index contributed by atoms with van der Waals surface area (Å²) >= 11 is 0. The fourth-order valence-electron chi connectivity index (χ4n) is 8.11. The van der Waals surface area contributed by atoms with Crippen molar-refractivity contribution in [1.29, 1.82) is 5.26 Å². The standard InChI is InChI=1S/C46H71N8O8P/c1-6-7-8-9-10-11-12-13-14-15-16-17-18-19-20-21-22-23-38(58-30-36-24-25-39(37(28-36)29-47)53-35-49-33-51-53)31-59-63(55,56)60-32-46(4,57-5)43-42(61-45(2,3)62-43)40-26-27-41-44(48)50-34-52-54(40)41/h24-28,33-35,38,42-43H,6-23,30-32H2,1-5H3,(H,55,56)(H2,48,50,52)/t38-,42+,43+,46-/m1/s1. The molecule has 1 aliphatic rings. The first kappa shape index (κ1) is 50.2. The highest BCUT2D eigenvalue weighted by Gasteiger charge is 2.53. The molecule has 0 saturated carbocycles. The number of hydrogen-bond acceptors (Lipinski definition) is 13. The quantitative estimate of drug-likeness (QED) is 0.0357. The number of benzene rings is 1. The summed E-state index contributed by atoms with van der Waals surface area (Å²) in [6.07, 6.45) is 24.5. The molecular weight excluding hydrogens is 824 g/mol. The zero-order valence-corrected chi connectivity index (χ0v) is 39.1. The highest BCUT2D eigenvalue weighted by molar-refractivity contribution is 7.47. The summed E-state index contributed by atoms with van der Waals surface area (Å²) in [5.74, 6) is -0.721. The SMILES string of the molecule is CCCCCCCCCCCCCCCCCCC[C@H](COP(=O)(O)OC[C@@](C)(OC)[C@H]1OC(C)(C)O[C@H]1c1ccc2c(N)ncnn12)OCc1ccc(-n2cncn2)c(C#N)c1. The molecule has 0 spiro atoms. The molecule has 0 radical (unpaired) electrons. The van der Waals surface area contributed by atoms with Crippen LogP contribution in [-0.4, -0.2) is 78.2 Å². The Morgan fingerprint density at radius 1 is 0.921 bits per heavy atom. The Hall–Kier alpha value is -3.78. The molecule has 17 heteroatoms. The third-order valence-electron chi connectivity index (χ3n) is 11.9. The van der Waals surface area contributed by atoms with E-state index in [1.807, 2.05) is 12.1 Å². The number of rotatable bonds is 31. The molecule has 1 aromatic carbocycles. The van der Waals surface area contributed by atoms with Gasteiger partial charge in [-0.15, -0.1) is 0 Å². The van der Waals surface area contributed by atoms with Gasteiger partial charge in [0.15, 0.2) is 11.6 Å². The molecule has 5 atom stereocenters. The lowest BCUT2D eigenvalue weighted by molar-refractivity contribution is -0.180. The minimum absolute atomic E-state index is 0.165. The van der Waals surface area contributed by atoms with E-state index in [4.69, 9.17) is 33.7 Å². The molecule has 1 aliphatic heterocycles. The number of hydrogen-bond donors (Lipinski definition) is 2. The predicted molar refractivity (Wildman–Crippen MR) is 241 cm³/mol. The van der Waals surface area contributed by atoms with E-state index in [9.17, 15) is 14.7 Å². The maximum absolute atomic E-state index is 13.5. The van der Waals surface area contributed by atoms with Crippen LogP contribution in [0.1, 0.15) is 166 Å². The second-order valence-corrected chi connectivity index (χ2v) is 18.9. The molecule has 1 saturated heterocycles. The van der Waals surface area contributed by atoms with E-state index in [1.165, 1.54) is 121 Å². The van der Waals surface area contributed by atoms with Crippen LogP contribution in [0.15, 0.2) is 49.3 Å². The van der Waals surface area contributed by atoms with Crippen LogP contribution in [0.2, 0.25) is 0 Å². The van der Waals surface area contributed by atoms with Crippen molar-refractivity contribution in [2.45, 2.75) is 180 Å². The molecule has 1 fully saturated rings. The number of nitrogen functional groups attached to an aromatic ring is 1. The van der Waals surface area contributed by atoms with Gasteiger partial charge in [0.25, 0.3) is 0 Å². The van der Waals surface area contributed by atoms with Gasteiger partial charge in [-0.1, -0.05) is 122 Å². The minimum atomic E-state index is -4.63. The molecule has 0 amide bonds. The van der Waals surface area contributed by atoms with E-state index >= 15 is 0 Å². The molecule has 4 heterocycles. The Kier molecular flexibility index (Phi) is 20.0. The molecule has 16 nitrogen and oxygen atoms in total. The molecule has 1 unspecified atom stereocenters. The van der Waals surface area contributed by atoms with Crippen molar-refractivity contribution in [2.75, 3.05) is 26.1 Å². The molecule has 4 aromatic rings. The van der Waals surface area contributed by atoms with Gasteiger partial charge >= 0.3 is 7.82 Å². The Bertz CT molecular complexity index is 2040. The van der Waals surface area contributed by atoms with E-state index in [0.717, 1.165) is 24.8 Å². The number of phosphoric ester groups is 1. The van der Waals surface area contributed by atoms with E-state index in [1.54, 1.807) is 43.5 Å². The minimum Gasteiger partial charge on any atom is -0.382 e. The highest BCUT2D eigenvalue weighted by atomic mass is 31.2. The maximum atomic E-state index is 13.5. The van der Waals surface area contributed by atoms with Gasteiger partial charge in [0, 0.05) is 7.11 Å². The Labute approximate surface area is 373 Å². The van der Waals surface area contributed by atoms with Crippen molar-refractivity contribution in [3.8, 4) is 11.8 Å². The third-order valence-corrected chi connectivity index (χ3v) is 12.8. The van der Waals surface area contributed by atoms with Crippen LogP contribution >= 0.6 is 7.82 Å². The van der Waals surface area contributed by atoms with Gasteiger partial charge in [-0.2, -0.15) is 15.5 Å². The normalized spacial score (nSPS) is 18.6. The van der Waals surface area contributed by atoms with Crippen LogP contribution in [0.25, 0.3) is 11.2 Å². The summed E-state index contributed by atoms with van der Waals surface area (Å²) in [6, 6.07) is 11.2. The maximum Gasteiger partial charge on any atom is 0.472 e. The van der Waals surface area contributed by atoms with Gasteiger partial charge < -0.3 is 29.6 Å². The van der Waals surface area contributed by atoms with Crippen LogP contribution < -0.4 is 5.73 Å². The average molecular weight is 895 g/mol. The number of anilines is 1. The molecule has 348 valence electrons. The molecule has 63 heavy (non-hydrogen) atoms. The van der Waals surface area contributed by atoms with E-state index < -0.39 is 37.5 Å². The summed E-state index contributed by atoms with van der Waals surface area (Å²) in [5, 5.41) is 18.4. The first-order chi connectivity index (χ1) is 30.4. The first-order valence-electron chi connectivity index (χ1n) is 23.0. The Morgan fingerprint density at radius 3 is 2.17 bits per heavy atom. The fraction of sp³-hybridized carbons (Fsp3) is 0.674. The molecule has 5 rings (SSSR count). The number of aromatic nitrogens is 6. The average Bonchev–Trinajstić information content (AvgIpc) is 4.04. The van der Waals surface area contributed by atoms with Crippen molar-refractivity contribution in [1.82, 2.24) is 29.4 Å². The Balaban J connectivity index is 1.12. The van der Waals surface area contributed by atoms with Crippen LogP contribution in [0, 0.1) is 11.3 Å². The number of phosphoric acid groups is 1. The second kappa shape index (κ2) is 25.1. The van der Waals surface area contributed by atoms with Gasteiger partial charge in [0.2, 0.25) is 0 Å². The Morgan fingerprint density at radius 2 is 1.57 bits per heavy atom. The van der Waals surface area contributed by atoms with Crippen molar-refractivity contribution in [2.24, 2.45) is 0 Å². The lowest BCUT2D eigenvalue weighted by Gasteiger charge is -2.35. The highest BCUT2D eigenvalue weighted by Crippen LogP contribution is 2.48. The van der Waals surface area contributed by atoms with Crippen LogP contribution in [0.4, 0.5) is 5.82 Å². The summed E-state index contributed by atoms with van der Waals surface area (Å²) in [5.41, 5.74) is 7.85. The van der Waals surface area contributed by atoms with Gasteiger partial charge in [-0.25, -0.2) is 23.7 Å². The van der Waals surface area contributed by atoms with Gasteiger partial charge in [0.05, 0.1) is 42.9 Å². The smallest absolute Gasteiger partial charge is 0.382 e. The predicted octanol–water partition coefficient (Wildman–Crippen LogP) is 10.1. The lowest BCUT2D eigenvalue weighted by atomic mass is 9.93. The second-order valence-electron chi connectivity index (χ2n) is 17.4. The molecule has 3 N–H and O–H groups in total. The van der Waals surface area contributed by atoms with Crippen LogP contribution in [0.5, 0.6) is 0 Å². The largest absolute Gasteiger partial charge is 0.472 e. The fourth-order valence-corrected chi connectivity index (χ4v) is 8.96. The molecule has 0 bridgehead atoms. The van der Waals surface area contributed by atoms with Crippen LogP contribution in [0.3, 0.4) is 0 Å². The van der Waals surface area contributed by atoms with Crippen molar-refractivity contribution < 1.29 is 37.5 Å². The number of fused-ring (bicyclic) bond motifs is 1. The topological polar surface area (TPSA) is 203 Å². The van der Waals surface area contributed by atoms with Gasteiger partial charge in [0.1, 0.15) is 48.4 Å². The zero-order valence-electron chi connectivity index (χ0n) is 38.2. The van der Waals surface area contributed by atoms with Gasteiger partial charge in [-0.05, 0) is 57.0 Å².